The molecule has 3 nitrogen and oxygen atoms in total. The number of benzene rings is 1. The standard InChI is InChI=1S/C14H13ClN2OS/c1-16-13(18)9-19-14(16)10-6-7-17(8-10)12-5-3-2-4-11(12)15/h2-8,14H,9H2,1H3/t14-/m1/s1. The maximum Gasteiger partial charge on any atom is 0.233 e. The summed E-state index contributed by atoms with van der Waals surface area (Å²) in [5.74, 6) is 0.735. The van der Waals surface area contributed by atoms with Crippen molar-refractivity contribution < 1.29 is 4.79 Å². The third-order valence-corrected chi connectivity index (χ3v) is 4.88. The van der Waals surface area contributed by atoms with Crippen LogP contribution in [0, 0.1) is 0 Å². The summed E-state index contributed by atoms with van der Waals surface area (Å²) in [7, 11) is 1.85. The molecule has 2 heterocycles. The first-order valence-corrected chi connectivity index (χ1v) is 7.39. The molecule has 3 rings (SSSR count). The van der Waals surface area contributed by atoms with E-state index < -0.39 is 0 Å². The summed E-state index contributed by atoms with van der Waals surface area (Å²) in [4.78, 5) is 13.4. The van der Waals surface area contributed by atoms with Gasteiger partial charge in [-0.15, -0.1) is 11.8 Å². The molecule has 0 aliphatic carbocycles. The number of thioether (sulfide) groups is 1. The maximum absolute atomic E-state index is 11.6. The second-order valence-electron chi connectivity index (χ2n) is 4.47. The molecule has 19 heavy (non-hydrogen) atoms. The third-order valence-electron chi connectivity index (χ3n) is 3.24. The van der Waals surface area contributed by atoms with E-state index in [-0.39, 0.29) is 11.3 Å². The van der Waals surface area contributed by atoms with Gasteiger partial charge in [0.25, 0.3) is 0 Å². The fourth-order valence-corrected chi connectivity index (χ4v) is 3.59. The van der Waals surface area contributed by atoms with Gasteiger partial charge in [-0.1, -0.05) is 23.7 Å². The number of hydrogen-bond acceptors (Lipinski definition) is 2. The van der Waals surface area contributed by atoms with Gasteiger partial charge in [0.15, 0.2) is 0 Å². The van der Waals surface area contributed by atoms with Crippen molar-refractivity contribution in [2.24, 2.45) is 0 Å². The Morgan fingerprint density at radius 3 is 2.79 bits per heavy atom. The maximum atomic E-state index is 11.6. The predicted molar refractivity (Wildman–Crippen MR) is 78.7 cm³/mol. The summed E-state index contributed by atoms with van der Waals surface area (Å²) < 4.78 is 1.99. The molecule has 1 aromatic heterocycles. The molecule has 5 heteroatoms. The Morgan fingerprint density at radius 2 is 2.11 bits per heavy atom. The van der Waals surface area contributed by atoms with Crippen LogP contribution in [0.5, 0.6) is 0 Å². The SMILES string of the molecule is CN1C(=O)CS[C@@H]1c1ccn(-c2ccccc2Cl)c1. The number of amides is 1. The van der Waals surface area contributed by atoms with Crippen LogP contribution < -0.4 is 0 Å². The first kappa shape index (κ1) is 12.6. The van der Waals surface area contributed by atoms with Gasteiger partial charge in [-0.05, 0) is 18.2 Å². The van der Waals surface area contributed by atoms with Crippen molar-refractivity contribution in [3.8, 4) is 5.69 Å². The van der Waals surface area contributed by atoms with Gasteiger partial charge in [0, 0.05) is 25.0 Å². The zero-order valence-electron chi connectivity index (χ0n) is 10.4. The third kappa shape index (κ3) is 2.26. The molecule has 1 aliphatic rings. The van der Waals surface area contributed by atoms with Gasteiger partial charge in [-0.3, -0.25) is 4.79 Å². The molecule has 0 spiro atoms. The molecule has 1 aromatic carbocycles. The lowest BCUT2D eigenvalue weighted by molar-refractivity contribution is -0.126. The summed E-state index contributed by atoms with van der Waals surface area (Å²) in [5.41, 5.74) is 2.07. The molecule has 1 fully saturated rings. The molecule has 1 atom stereocenters. The van der Waals surface area contributed by atoms with Crippen LogP contribution in [0.4, 0.5) is 0 Å². The summed E-state index contributed by atoms with van der Waals surface area (Å²) in [6, 6.07) is 9.76. The molecule has 0 saturated carbocycles. The fourth-order valence-electron chi connectivity index (χ4n) is 2.18. The normalized spacial score (nSPS) is 19.2. The van der Waals surface area contributed by atoms with Crippen molar-refractivity contribution in [2.45, 2.75) is 5.37 Å². The molecule has 1 saturated heterocycles. The van der Waals surface area contributed by atoms with E-state index in [2.05, 4.69) is 0 Å². The number of halogens is 1. The summed E-state index contributed by atoms with van der Waals surface area (Å²) >= 11 is 7.84. The van der Waals surface area contributed by atoms with Crippen LogP contribution in [-0.4, -0.2) is 28.2 Å². The lowest BCUT2D eigenvalue weighted by atomic mass is 10.3. The van der Waals surface area contributed by atoms with Gasteiger partial charge in [-0.25, -0.2) is 0 Å². The molecule has 0 bridgehead atoms. The minimum absolute atomic E-state index is 0.108. The predicted octanol–water partition coefficient (Wildman–Crippen LogP) is 3.33. The molecular weight excluding hydrogens is 280 g/mol. The molecule has 0 radical (unpaired) electrons. The van der Waals surface area contributed by atoms with Crippen LogP contribution in [0.15, 0.2) is 42.7 Å². The van der Waals surface area contributed by atoms with E-state index in [1.807, 2.05) is 54.3 Å². The molecule has 1 aliphatic heterocycles. The number of rotatable bonds is 2. The van der Waals surface area contributed by atoms with Crippen LogP contribution in [0.3, 0.4) is 0 Å². The lowest BCUT2D eigenvalue weighted by Gasteiger charge is -2.17. The van der Waals surface area contributed by atoms with Crippen LogP contribution >= 0.6 is 23.4 Å². The van der Waals surface area contributed by atoms with E-state index in [9.17, 15) is 4.79 Å². The second-order valence-corrected chi connectivity index (χ2v) is 5.95. The smallest absolute Gasteiger partial charge is 0.233 e. The van der Waals surface area contributed by atoms with Crippen LogP contribution in [0.1, 0.15) is 10.9 Å². The zero-order valence-corrected chi connectivity index (χ0v) is 12.0. The highest BCUT2D eigenvalue weighted by atomic mass is 35.5. The Labute approximate surface area is 121 Å². The van der Waals surface area contributed by atoms with Gasteiger partial charge in [-0.2, -0.15) is 0 Å². The van der Waals surface area contributed by atoms with Gasteiger partial charge < -0.3 is 9.47 Å². The van der Waals surface area contributed by atoms with E-state index in [1.165, 1.54) is 0 Å². The molecule has 1 amide bonds. The monoisotopic (exact) mass is 292 g/mol. The molecule has 2 aromatic rings. The Hall–Kier alpha value is -1.39. The average molecular weight is 293 g/mol. The quantitative estimate of drug-likeness (QED) is 0.848. The van der Waals surface area contributed by atoms with Crippen molar-refractivity contribution >= 4 is 29.3 Å². The lowest BCUT2D eigenvalue weighted by Crippen LogP contribution is -2.22. The second kappa shape index (κ2) is 4.94. The first-order valence-electron chi connectivity index (χ1n) is 5.97. The minimum atomic E-state index is 0.108. The topological polar surface area (TPSA) is 25.2 Å². The van der Waals surface area contributed by atoms with E-state index in [4.69, 9.17) is 11.6 Å². The van der Waals surface area contributed by atoms with Gasteiger partial charge in [0.1, 0.15) is 5.37 Å². The van der Waals surface area contributed by atoms with E-state index in [1.54, 1.807) is 16.7 Å². The Morgan fingerprint density at radius 1 is 1.32 bits per heavy atom. The number of carbonyl (C=O) groups is 1. The van der Waals surface area contributed by atoms with Crippen LogP contribution in [0.2, 0.25) is 5.02 Å². The van der Waals surface area contributed by atoms with Crippen LogP contribution in [0.25, 0.3) is 5.69 Å². The highest BCUT2D eigenvalue weighted by Gasteiger charge is 2.30. The molecule has 98 valence electrons. The highest BCUT2D eigenvalue weighted by Crippen LogP contribution is 2.37. The van der Waals surface area contributed by atoms with Crippen molar-refractivity contribution in [1.82, 2.24) is 9.47 Å². The van der Waals surface area contributed by atoms with Gasteiger partial charge in [0.2, 0.25) is 5.91 Å². The fraction of sp³-hybridized carbons (Fsp3) is 0.214. The van der Waals surface area contributed by atoms with Gasteiger partial charge >= 0.3 is 0 Å². The largest absolute Gasteiger partial charge is 0.329 e. The first-order chi connectivity index (χ1) is 9.16. The zero-order chi connectivity index (χ0) is 13.4. The molecular formula is C14H13ClN2OS. The molecule has 0 unspecified atom stereocenters. The van der Waals surface area contributed by atoms with E-state index in [0.29, 0.717) is 10.8 Å². The van der Waals surface area contributed by atoms with Crippen molar-refractivity contribution in [3.05, 3.63) is 53.3 Å². The summed E-state index contributed by atoms with van der Waals surface area (Å²) in [6.45, 7) is 0. The summed E-state index contributed by atoms with van der Waals surface area (Å²) in [5, 5.41) is 0.824. The molecule has 0 N–H and O–H groups in total. The number of hydrogen-bond donors (Lipinski definition) is 0. The minimum Gasteiger partial charge on any atom is -0.329 e. The van der Waals surface area contributed by atoms with Gasteiger partial charge in [0.05, 0.1) is 16.5 Å². The Kier molecular flexibility index (Phi) is 3.29. The number of aromatic nitrogens is 1. The van der Waals surface area contributed by atoms with Crippen molar-refractivity contribution in [1.29, 1.82) is 0 Å². The highest BCUT2D eigenvalue weighted by molar-refractivity contribution is 8.00. The average Bonchev–Trinajstić information content (AvgIpc) is 2.99. The number of carbonyl (C=O) groups excluding carboxylic acids is 1. The Balaban J connectivity index is 1.92. The van der Waals surface area contributed by atoms with Crippen molar-refractivity contribution in [2.75, 3.05) is 12.8 Å². The number of nitrogens with zero attached hydrogens (tertiary/aromatic N) is 2. The number of para-hydroxylation sites is 1. The van der Waals surface area contributed by atoms with Crippen molar-refractivity contribution in [3.63, 3.8) is 0 Å². The Bertz CT molecular complexity index is 625. The van der Waals surface area contributed by atoms with Crippen LogP contribution in [-0.2, 0) is 4.79 Å². The summed E-state index contributed by atoms with van der Waals surface area (Å²) in [6.07, 6.45) is 4.02. The van der Waals surface area contributed by atoms with E-state index in [0.717, 1.165) is 11.3 Å². The van der Waals surface area contributed by atoms with E-state index >= 15 is 0 Å².